The molecule has 1 amide bonds. The van der Waals surface area contributed by atoms with Crippen LogP contribution in [0.1, 0.15) is 13.8 Å². The number of hydrogen-bond donors (Lipinski definition) is 2. The second kappa shape index (κ2) is 7.04. The minimum Gasteiger partial charge on any atom is -0.495 e. The Morgan fingerprint density at radius 1 is 1.43 bits per heavy atom. The third kappa shape index (κ3) is 4.54. The standard InChI is InChI=1S/C15H23N3O2S/c1-10-7-18(8-11(2)21-10)9-15(19)17-13-6-12(16)4-5-14(13)20-3/h4-6,10-11H,7-9,16H2,1-3H3,(H,17,19). The number of nitrogens with two attached hydrogens (primary N) is 1. The summed E-state index contributed by atoms with van der Waals surface area (Å²) >= 11 is 1.97. The fourth-order valence-corrected chi connectivity index (χ4v) is 4.02. The Balaban J connectivity index is 1.97. The van der Waals surface area contributed by atoms with Gasteiger partial charge in [-0.3, -0.25) is 9.69 Å². The lowest BCUT2D eigenvalue weighted by molar-refractivity contribution is -0.117. The molecule has 0 aliphatic carbocycles. The van der Waals surface area contributed by atoms with Crippen molar-refractivity contribution in [2.75, 3.05) is 37.8 Å². The number of anilines is 2. The van der Waals surface area contributed by atoms with Crippen molar-refractivity contribution in [1.82, 2.24) is 4.90 Å². The van der Waals surface area contributed by atoms with E-state index in [0.29, 0.717) is 34.2 Å². The molecule has 1 aromatic carbocycles. The predicted molar refractivity (Wildman–Crippen MR) is 89.0 cm³/mol. The van der Waals surface area contributed by atoms with Crippen LogP contribution in [-0.4, -0.2) is 48.1 Å². The molecule has 1 saturated heterocycles. The zero-order valence-electron chi connectivity index (χ0n) is 12.8. The smallest absolute Gasteiger partial charge is 0.238 e. The molecule has 1 aromatic rings. The van der Waals surface area contributed by atoms with Crippen molar-refractivity contribution in [3.63, 3.8) is 0 Å². The molecule has 0 radical (unpaired) electrons. The number of amides is 1. The molecule has 2 unspecified atom stereocenters. The third-order valence-electron chi connectivity index (χ3n) is 3.36. The number of carbonyl (C=O) groups is 1. The molecule has 21 heavy (non-hydrogen) atoms. The molecule has 0 bridgehead atoms. The highest BCUT2D eigenvalue weighted by Crippen LogP contribution is 2.27. The van der Waals surface area contributed by atoms with Crippen molar-refractivity contribution < 1.29 is 9.53 Å². The van der Waals surface area contributed by atoms with Gasteiger partial charge in [-0.25, -0.2) is 0 Å². The van der Waals surface area contributed by atoms with Crippen LogP contribution < -0.4 is 15.8 Å². The van der Waals surface area contributed by atoms with Crippen LogP contribution in [0.15, 0.2) is 18.2 Å². The van der Waals surface area contributed by atoms with Gasteiger partial charge in [0.25, 0.3) is 0 Å². The third-order valence-corrected chi connectivity index (χ3v) is 4.59. The number of benzene rings is 1. The van der Waals surface area contributed by atoms with Crippen molar-refractivity contribution in [2.24, 2.45) is 0 Å². The summed E-state index contributed by atoms with van der Waals surface area (Å²) in [5.41, 5.74) is 6.98. The first kappa shape index (κ1) is 16.0. The van der Waals surface area contributed by atoms with E-state index in [2.05, 4.69) is 24.1 Å². The number of nitrogens with zero attached hydrogens (tertiary/aromatic N) is 1. The molecule has 1 fully saturated rings. The van der Waals surface area contributed by atoms with E-state index in [1.807, 2.05) is 11.8 Å². The maximum atomic E-state index is 12.2. The molecule has 6 heteroatoms. The van der Waals surface area contributed by atoms with E-state index in [9.17, 15) is 4.79 Å². The number of ether oxygens (including phenoxy) is 1. The van der Waals surface area contributed by atoms with Gasteiger partial charge < -0.3 is 15.8 Å². The highest BCUT2D eigenvalue weighted by Gasteiger charge is 2.23. The van der Waals surface area contributed by atoms with E-state index in [-0.39, 0.29) is 5.91 Å². The van der Waals surface area contributed by atoms with Gasteiger partial charge in [-0.05, 0) is 18.2 Å². The number of thioether (sulfide) groups is 1. The Labute approximate surface area is 130 Å². The van der Waals surface area contributed by atoms with Crippen LogP contribution in [-0.2, 0) is 4.79 Å². The number of nitrogen functional groups attached to an aromatic ring is 1. The molecule has 0 aromatic heterocycles. The maximum absolute atomic E-state index is 12.2. The first-order chi connectivity index (χ1) is 9.97. The topological polar surface area (TPSA) is 67.6 Å². The Kier molecular flexibility index (Phi) is 5.36. The van der Waals surface area contributed by atoms with E-state index >= 15 is 0 Å². The minimum atomic E-state index is -0.0369. The largest absolute Gasteiger partial charge is 0.495 e. The van der Waals surface area contributed by atoms with Gasteiger partial charge in [0.15, 0.2) is 0 Å². The lowest BCUT2D eigenvalue weighted by atomic mass is 10.2. The fraction of sp³-hybridized carbons (Fsp3) is 0.533. The second-order valence-corrected chi connectivity index (χ2v) is 7.34. The van der Waals surface area contributed by atoms with Crippen molar-refractivity contribution in [1.29, 1.82) is 0 Å². The van der Waals surface area contributed by atoms with Crippen molar-refractivity contribution in [3.8, 4) is 5.75 Å². The van der Waals surface area contributed by atoms with E-state index in [1.54, 1.807) is 25.3 Å². The number of hydrogen-bond acceptors (Lipinski definition) is 5. The summed E-state index contributed by atoms with van der Waals surface area (Å²) in [6, 6.07) is 5.22. The molecular weight excluding hydrogens is 286 g/mol. The Bertz CT molecular complexity index is 500. The molecule has 0 spiro atoms. The molecule has 1 heterocycles. The average Bonchev–Trinajstić information content (AvgIpc) is 2.37. The monoisotopic (exact) mass is 309 g/mol. The first-order valence-corrected chi connectivity index (χ1v) is 8.03. The van der Waals surface area contributed by atoms with Crippen LogP contribution in [0, 0.1) is 0 Å². The summed E-state index contributed by atoms with van der Waals surface area (Å²) in [5, 5.41) is 4.00. The molecule has 116 valence electrons. The van der Waals surface area contributed by atoms with Gasteiger partial charge in [0.1, 0.15) is 5.75 Å². The SMILES string of the molecule is COc1ccc(N)cc1NC(=O)CN1CC(C)SC(C)C1. The predicted octanol–water partition coefficient (Wildman–Crippen LogP) is 2.04. The van der Waals surface area contributed by atoms with Crippen molar-refractivity contribution in [2.45, 2.75) is 24.3 Å². The Morgan fingerprint density at radius 3 is 2.71 bits per heavy atom. The van der Waals surface area contributed by atoms with Crippen LogP contribution in [0.5, 0.6) is 5.75 Å². The van der Waals surface area contributed by atoms with Crippen molar-refractivity contribution in [3.05, 3.63) is 18.2 Å². The fourth-order valence-electron chi connectivity index (χ4n) is 2.63. The van der Waals surface area contributed by atoms with Crippen LogP contribution >= 0.6 is 11.8 Å². The average molecular weight is 309 g/mol. The molecule has 1 aliphatic rings. The summed E-state index contributed by atoms with van der Waals surface area (Å²) in [5.74, 6) is 0.582. The molecular formula is C15H23N3O2S. The summed E-state index contributed by atoms with van der Waals surface area (Å²) in [7, 11) is 1.58. The maximum Gasteiger partial charge on any atom is 0.238 e. The van der Waals surface area contributed by atoms with Gasteiger partial charge in [0.05, 0.1) is 19.3 Å². The molecule has 0 saturated carbocycles. The van der Waals surface area contributed by atoms with E-state index in [4.69, 9.17) is 10.5 Å². The summed E-state index contributed by atoms with van der Waals surface area (Å²) in [4.78, 5) is 14.4. The van der Waals surface area contributed by atoms with E-state index in [1.165, 1.54) is 0 Å². The zero-order chi connectivity index (χ0) is 15.4. The lowest BCUT2D eigenvalue weighted by Crippen LogP contribution is -2.44. The van der Waals surface area contributed by atoms with Gasteiger partial charge in [-0.15, -0.1) is 0 Å². The number of methoxy groups -OCH3 is 1. The highest BCUT2D eigenvalue weighted by atomic mass is 32.2. The summed E-state index contributed by atoms with van der Waals surface area (Å²) in [6.45, 7) is 6.68. The Morgan fingerprint density at radius 2 is 2.10 bits per heavy atom. The normalized spacial score (nSPS) is 22.8. The van der Waals surface area contributed by atoms with Crippen molar-refractivity contribution >= 4 is 29.0 Å². The minimum absolute atomic E-state index is 0.0369. The first-order valence-electron chi connectivity index (χ1n) is 7.09. The Hall–Kier alpha value is -1.40. The zero-order valence-corrected chi connectivity index (χ0v) is 13.6. The molecule has 2 rings (SSSR count). The van der Waals surface area contributed by atoms with Gasteiger partial charge in [-0.1, -0.05) is 13.8 Å². The summed E-state index contributed by atoms with van der Waals surface area (Å²) < 4.78 is 5.24. The van der Waals surface area contributed by atoms with E-state index in [0.717, 1.165) is 13.1 Å². The number of rotatable bonds is 4. The van der Waals surface area contributed by atoms with Crippen LogP contribution in [0.3, 0.4) is 0 Å². The van der Waals surface area contributed by atoms with Gasteiger partial charge in [0, 0.05) is 29.3 Å². The molecule has 2 atom stereocenters. The second-order valence-electron chi connectivity index (χ2n) is 5.46. The lowest BCUT2D eigenvalue weighted by Gasteiger charge is -2.34. The number of carbonyl (C=O) groups excluding carboxylic acids is 1. The molecule has 3 N–H and O–H groups in total. The molecule has 5 nitrogen and oxygen atoms in total. The van der Waals surface area contributed by atoms with Gasteiger partial charge in [0.2, 0.25) is 5.91 Å². The van der Waals surface area contributed by atoms with Crippen LogP contribution in [0.4, 0.5) is 11.4 Å². The quantitative estimate of drug-likeness (QED) is 0.833. The molecule has 1 aliphatic heterocycles. The summed E-state index contributed by atoms with van der Waals surface area (Å²) in [6.07, 6.45) is 0. The van der Waals surface area contributed by atoms with E-state index < -0.39 is 0 Å². The van der Waals surface area contributed by atoms with Crippen LogP contribution in [0.2, 0.25) is 0 Å². The highest BCUT2D eigenvalue weighted by molar-refractivity contribution is 8.00. The van der Waals surface area contributed by atoms with Crippen LogP contribution in [0.25, 0.3) is 0 Å². The van der Waals surface area contributed by atoms with Gasteiger partial charge >= 0.3 is 0 Å². The van der Waals surface area contributed by atoms with Gasteiger partial charge in [-0.2, -0.15) is 11.8 Å². The number of nitrogens with one attached hydrogen (secondary N) is 1.